The summed E-state index contributed by atoms with van der Waals surface area (Å²) in [6.45, 7) is 6.71. The fraction of sp³-hybridized carbons (Fsp3) is 0.526. The molecular weight excluding hydrogens is 318 g/mol. The van der Waals surface area contributed by atoms with Gasteiger partial charge in [0.1, 0.15) is 13.2 Å². The number of ether oxygens (including phenoxy) is 3. The lowest BCUT2D eigenvalue weighted by atomic mass is 9.97. The van der Waals surface area contributed by atoms with Crippen molar-refractivity contribution in [1.82, 2.24) is 15.1 Å². The molecule has 0 aliphatic carbocycles. The fourth-order valence-electron chi connectivity index (χ4n) is 3.58. The maximum absolute atomic E-state index is 5.96. The maximum Gasteiger partial charge on any atom is 0.165 e. The van der Waals surface area contributed by atoms with Crippen LogP contribution in [0.1, 0.15) is 30.6 Å². The van der Waals surface area contributed by atoms with Crippen molar-refractivity contribution in [3.8, 4) is 11.5 Å². The molecule has 3 heterocycles. The average Bonchev–Trinajstić information content (AvgIpc) is 3.30. The normalized spacial score (nSPS) is 22.3. The molecule has 0 spiro atoms. The van der Waals surface area contributed by atoms with Gasteiger partial charge in [-0.3, -0.25) is 4.68 Å². The third-order valence-electron chi connectivity index (χ3n) is 4.89. The van der Waals surface area contributed by atoms with Crippen molar-refractivity contribution in [2.24, 2.45) is 5.92 Å². The zero-order valence-corrected chi connectivity index (χ0v) is 14.6. The first-order valence-electron chi connectivity index (χ1n) is 9.07. The number of hydrogen-bond donors (Lipinski definition) is 1. The highest BCUT2D eigenvalue weighted by atomic mass is 16.6. The molecule has 0 radical (unpaired) electrons. The highest BCUT2D eigenvalue weighted by Gasteiger charge is 2.30. The molecule has 0 amide bonds. The second-order valence-electron chi connectivity index (χ2n) is 6.54. The Morgan fingerprint density at radius 2 is 2.16 bits per heavy atom. The van der Waals surface area contributed by atoms with Gasteiger partial charge in [0.15, 0.2) is 11.5 Å². The Kier molecular flexibility index (Phi) is 4.90. The van der Waals surface area contributed by atoms with Gasteiger partial charge in [-0.05, 0) is 19.4 Å². The van der Waals surface area contributed by atoms with Gasteiger partial charge < -0.3 is 19.5 Å². The number of nitrogens with zero attached hydrogens (tertiary/aromatic N) is 2. The van der Waals surface area contributed by atoms with Gasteiger partial charge in [0.2, 0.25) is 0 Å². The van der Waals surface area contributed by atoms with Gasteiger partial charge in [-0.2, -0.15) is 5.10 Å². The van der Waals surface area contributed by atoms with Gasteiger partial charge in [-0.1, -0.05) is 12.1 Å². The Hall–Kier alpha value is -2.05. The Labute approximate surface area is 148 Å². The average molecular weight is 343 g/mol. The second kappa shape index (κ2) is 7.45. The number of fused-ring (bicyclic) bond motifs is 1. The highest BCUT2D eigenvalue weighted by molar-refractivity contribution is 5.47. The highest BCUT2D eigenvalue weighted by Crippen LogP contribution is 2.35. The van der Waals surface area contributed by atoms with Crippen LogP contribution < -0.4 is 14.8 Å². The van der Waals surface area contributed by atoms with Crippen molar-refractivity contribution in [2.45, 2.75) is 32.5 Å². The molecule has 1 N–H and O–H groups in total. The van der Waals surface area contributed by atoms with Crippen LogP contribution >= 0.6 is 0 Å². The topological polar surface area (TPSA) is 57.5 Å². The first kappa shape index (κ1) is 16.4. The van der Waals surface area contributed by atoms with Crippen LogP contribution in [-0.2, 0) is 17.8 Å². The van der Waals surface area contributed by atoms with Crippen molar-refractivity contribution in [3.05, 3.63) is 41.7 Å². The van der Waals surface area contributed by atoms with Crippen LogP contribution in [-0.4, -0.2) is 36.1 Å². The molecule has 25 heavy (non-hydrogen) atoms. The van der Waals surface area contributed by atoms with Crippen LogP contribution in [0.25, 0.3) is 0 Å². The van der Waals surface area contributed by atoms with Gasteiger partial charge >= 0.3 is 0 Å². The summed E-state index contributed by atoms with van der Waals surface area (Å²) in [7, 11) is 0. The van der Waals surface area contributed by atoms with E-state index in [4.69, 9.17) is 14.2 Å². The lowest BCUT2D eigenvalue weighted by molar-refractivity contribution is 0.0903. The summed E-state index contributed by atoms with van der Waals surface area (Å²) >= 11 is 0. The number of aromatic nitrogens is 2. The smallest absolute Gasteiger partial charge is 0.165 e. The third-order valence-corrected chi connectivity index (χ3v) is 4.89. The van der Waals surface area contributed by atoms with Gasteiger partial charge in [-0.15, -0.1) is 0 Å². The molecule has 1 aromatic carbocycles. The summed E-state index contributed by atoms with van der Waals surface area (Å²) in [4.78, 5) is 0. The largest absolute Gasteiger partial charge is 0.486 e. The minimum absolute atomic E-state index is 0.136. The van der Waals surface area contributed by atoms with E-state index in [0.29, 0.717) is 19.1 Å². The molecule has 0 saturated carbocycles. The number of aryl methyl sites for hydroxylation is 1. The van der Waals surface area contributed by atoms with E-state index in [1.54, 1.807) is 0 Å². The number of nitrogens with one attached hydrogen (secondary N) is 1. The van der Waals surface area contributed by atoms with Gasteiger partial charge in [-0.25, -0.2) is 0 Å². The van der Waals surface area contributed by atoms with Crippen LogP contribution in [0, 0.1) is 5.92 Å². The van der Waals surface area contributed by atoms with E-state index in [2.05, 4.69) is 29.6 Å². The fourth-order valence-corrected chi connectivity index (χ4v) is 3.58. The van der Waals surface area contributed by atoms with Crippen LogP contribution in [0.4, 0.5) is 0 Å². The van der Waals surface area contributed by atoms with E-state index in [1.807, 2.05) is 23.0 Å². The lowest BCUT2D eigenvalue weighted by Gasteiger charge is -2.22. The molecule has 0 bridgehead atoms. The van der Waals surface area contributed by atoms with Gasteiger partial charge in [0, 0.05) is 49.5 Å². The predicted molar refractivity (Wildman–Crippen MR) is 93.8 cm³/mol. The molecule has 1 saturated heterocycles. The monoisotopic (exact) mass is 343 g/mol. The Morgan fingerprint density at radius 3 is 3.04 bits per heavy atom. The van der Waals surface area contributed by atoms with E-state index < -0.39 is 0 Å². The summed E-state index contributed by atoms with van der Waals surface area (Å²) in [5.41, 5.74) is 2.33. The zero-order valence-electron chi connectivity index (χ0n) is 14.6. The lowest BCUT2D eigenvalue weighted by Crippen LogP contribution is -2.25. The summed E-state index contributed by atoms with van der Waals surface area (Å²) in [5, 5.41) is 7.95. The number of rotatable bonds is 6. The van der Waals surface area contributed by atoms with Gasteiger partial charge in [0.25, 0.3) is 0 Å². The molecule has 2 atom stereocenters. The van der Waals surface area contributed by atoms with E-state index in [9.17, 15) is 0 Å². The van der Waals surface area contributed by atoms with E-state index in [0.717, 1.165) is 49.7 Å². The van der Waals surface area contributed by atoms with Crippen molar-refractivity contribution >= 4 is 0 Å². The van der Waals surface area contributed by atoms with Gasteiger partial charge in [0.05, 0.1) is 12.3 Å². The Bertz CT molecular complexity index is 716. The summed E-state index contributed by atoms with van der Waals surface area (Å²) in [6.07, 6.45) is 5.24. The van der Waals surface area contributed by atoms with E-state index >= 15 is 0 Å². The molecule has 6 heteroatoms. The maximum atomic E-state index is 5.96. The van der Waals surface area contributed by atoms with Crippen molar-refractivity contribution in [3.63, 3.8) is 0 Å². The minimum Gasteiger partial charge on any atom is -0.486 e. The summed E-state index contributed by atoms with van der Waals surface area (Å²) in [5.74, 6) is 2.19. The third kappa shape index (κ3) is 3.50. The minimum atomic E-state index is 0.136. The number of hydrogen-bond acceptors (Lipinski definition) is 5. The SMILES string of the molecule is CCn1cc([C@H]2OCC[C@@H]2CNCc2cccc3c2OCCO3)cn1. The Balaban J connectivity index is 1.36. The van der Waals surface area contributed by atoms with Crippen molar-refractivity contribution in [2.75, 3.05) is 26.4 Å². The molecule has 1 fully saturated rings. The molecule has 2 aromatic rings. The standard InChI is InChI=1S/C19H25N3O3/c1-2-22-13-16(12-21-22)18-15(6-7-24-18)11-20-10-14-4-3-5-17-19(14)25-9-8-23-17/h3-5,12-13,15,18,20H,2,6-11H2,1H3/t15-,18+/m1/s1. The summed E-state index contributed by atoms with van der Waals surface area (Å²) < 4.78 is 19.3. The molecule has 2 aliphatic rings. The van der Waals surface area contributed by atoms with Crippen LogP contribution in [0.15, 0.2) is 30.6 Å². The predicted octanol–water partition coefficient (Wildman–Crippen LogP) is 2.54. The number of para-hydroxylation sites is 1. The summed E-state index contributed by atoms with van der Waals surface area (Å²) in [6, 6.07) is 6.07. The number of benzene rings is 1. The van der Waals surface area contributed by atoms with Crippen molar-refractivity contribution < 1.29 is 14.2 Å². The first-order valence-corrected chi connectivity index (χ1v) is 9.07. The quantitative estimate of drug-likeness (QED) is 0.873. The zero-order chi connectivity index (χ0) is 17.1. The van der Waals surface area contributed by atoms with E-state index in [1.165, 1.54) is 5.56 Å². The molecule has 2 aliphatic heterocycles. The molecular formula is C19H25N3O3. The molecule has 134 valence electrons. The molecule has 6 nitrogen and oxygen atoms in total. The van der Waals surface area contributed by atoms with Crippen molar-refractivity contribution in [1.29, 1.82) is 0 Å². The molecule has 0 unspecified atom stereocenters. The van der Waals surface area contributed by atoms with E-state index in [-0.39, 0.29) is 6.10 Å². The van der Waals surface area contributed by atoms with Crippen LogP contribution in [0.5, 0.6) is 11.5 Å². The molecule has 1 aromatic heterocycles. The van der Waals surface area contributed by atoms with Crippen LogP contribution in [0.2, 0.25) is 0 Å². The Morgan fingerprint density at radius 1 is 1.24 bits per heavy atom. The second-order valence-corrected chi connectivity index (χ2v) is 6.54. The van der Waals surface area contributed by atoms with Crippen LogP contribution in [0.3, 0.4) is 0 Å². The first-order chi connectivity index (χ1) is 12.3. The molecule has 4 rings (SSSR count).